The molecule has 0 unspecified atom stereocenters. The van der Waals surface area contributed by atoms with Gasteiger partial charge in [-0.25, -0.2) is 21.6 Å². The van der Waals surface area contributed by atoms with Crippen molar-refractivity contribution in [3.63, 3.8) is 0 Å². The fourth-order valence-electron chi connectivity index (χ4n) is 3.04. The summed E-state index contributed by atoms with van der Waals surface area (Å²) in [4.78, 5) is 12.6. The van der Waals surface area contributed by atoms with Gasteiger partial charge in [-0.05, 0) is 91.5 Å². The van der Waals surface area contributed by atoms with Crippen LogP contribution in [0, 0.1) is 5.92 Å². The molecule has 1 aliphatic carbocycles. The van der Waals surface area contributed by atoms with Crippen molar-refractivity contribution in [2.75, 3.05) is 10.0 Å². The highest BCUT2D eigenvalue weighted by Crippen LogP contribution is 2.28. The van der Waals surface area contributed by atoms with Crippen LogP contribution in [0.25, 0.3) is 0 Å². The lowest BCUT2D eigenvalue weighted by atomic mass is 9.86. The Balaban J connectivity index is 1.90. The third kappa shape index (κ3) is 6.66. The summed E-state index contributed by atoms with van der Waals surface area (Å²) in [5.74, 6) is -0.297. The minimum Gasteiger partial charge on any atom is -0.326 e. The van der Waals surface area contributed by atoms with Crippen molar-refractivity contribution in [3.8, 4) is 0 Å². The van der Waals surface area contributed by atoms with Crippen molar-refractivity contribution in [1.29, 1.82) is 0 Å². The van der Waals surface area contributed by atoms with Crippen LogP contribution in [0.2, 0.25) is 0 Å². The van der Waals surface area contributed by atoms with Gasteiger partial charge in [0.15, 0.2) is 0 Å². The molecule has 1 amide bonds. The van der Waals surface area contributed by atoms with Crippen LogP contribution in [0.5, 0.6) is 0 Å². The average molecular weight is 474 g/mol. The lowest BCUT2D eigenvalue weighted by Gasteiger charge is -2.30. The Hall–Kier alpha value is -1.65. The Morgan fingerprint density at radius 3 is 1.68 bits per heavy atom. The molecule has 0 radical (unpaired) electrons. The normalized spacial score (nSPS) is 20.8. The first-order chi connectivity index (χ1) is 14.0. The predicted molar refractivity (Wildman–Crippen MR) is 125 cm³/mol. The van der Waals surface area contributed by atoms with Crippen LogP contribution in [0.1, 0.15) is 67.2 Å². The van der Waals surface area contributed by atoms with Crippen LogP contribution >= 0.6 is 0 Å². The average Bonchev–Trinajstić information content (AvgIpc) is 2.61. The third-order valence-corrected chi connectivity index (χ3v) is 9.81. The molecule has 0 atom stereocenters. The quantitative estimate of drug-likeness (QED) is 0.584. The fraction of sp³-hybridized carbons (Fsp3) is 0.667. The Morgan fingerprint density at radius 1 is 0.774 bits per heavy atom. The van der Waals surface area contributed by atoms with Gasteiger partial charge in [-0.15, -0.1) is 0 Å². The van der Waals surface area contributed by atoms with E-state index in [-0.39, 0.29) is 17.9 Å². The second-order valence-corrected chi connectivity index (χ2v) is 15.0. The molecule has 2 rings (SSSR count). The SMILES string of the molecule is CC(C)(C)S(=O)(=O)Nc1ccc(NC(=O)[C@H]2CC[C@H](NS(=O)(=O)C(C)(C)C)CC2)cc1. The molecule has 0 heterocycles. The lowest BCUT2D eigenvalue weighted by molar-refractivity contribution is -0.120. The Bertz CT molecular complexity index is 981. The van der Waals surface area contributed by atoms with Gasteiger partial charge in [0, 0.05) is 23.3 Å². The van der Waals surface area contributed by atoms with E-state index in [1.54, 1.807) is 65.8 Å². The molecule has 3 N–H and O–H groups in total. The van der Waals surface area contributed by atoms with E-state index in [9.17, 15) is 21.6 Å². The van der Waals surface area contributed by atoms with Crippen LogP contribution in [0.15, 0.2) is 24.3 Å². The number of nitrogens with one attached hydrogen (secondary N) is 3. The van der Waals surface area contributed by atoms with Gasteiger partial charge < -0.3 is 5.32 Å². The summed E-state index contributed by atoms with van der Waals surface area (Å²) in [6.07, 6.45) is 2.43. The van der Waals surface area contributed by atoms with E-state index >= 15 is 0 Å². The van der Waals surface area contributed by atoms with Gasteiger partial charge in [-0.2, -0.15) is 0 Å². The molecule has 1 fully saturated rings. The highest BCUT2D eigenvalue weighted by atomic mass is 32.2. The molecule has 8 nitrogen and oxygen atoms in total. The first kappa shape index (κ1) is 25.6. The molecule has 1 aromatic carbocycles. The van der Waals surface area contributed by atoms with E-state index in [0.29, 0.717) is 37.1 Å². The van der Waals surface area contributed by atoms with E-state index in [4.69, 9.17) is 0 Å². The monoisotopic (exact) mass is 473 g/mol. The van der Waals surface area contributed by atoms with Crippen molar-refractivity contribution in [3.05, 3.63) is 24.3 Å². The number of hydrogen-bond acceptors (Lipinski definition) is 5. The maximum atomic E-state index is 12.6. The van der Waals surface area contributed by atoms with Crippen molar-refractivity contribution >= 4 is 37.3 Å². The number of benzene rings is 1. The summed E-state index contributed by atoms with van der Waals surface area (Å²) in [5.41, 5.74) is 1.01. The van der Waals surface area contributed by atoms with Crippen LogP contribution in [-0.4, -0.2) is 38.3 Å². The summed E-state index contributed by atoms with van der Waals surface area (Å²) in [7, 11) is -6.93. The standard InChI is InChI=1S/C21H35N3O5S2/c1-20(2,3)30(26,27)23-17-9-7-15(8-10-17)19(25)22-16-11-13-18(14-12-16)24-31(28,29)21(4,5)6/h11-15,17,23-24H,7-10H2,1-6H3,(H,22,25)/t15-,17-. The molecule has 1 saturated carbocycles. The molecule has 0 bridgehead atoms. The molecule has 1 aromatic rings. The first-order valence-electron chi connectivity index (χ1n) is 10.5. The molecule has 0 aromatic heterocycles. The third-order valence-electron chi connectivity index (χ3n) is 5.44. The second-order valence-electron chi connectivity index (χ2n) is 10.1. The zero-order valence-electron chi connectivity index (χ0n) is 19.2. The van der Waals surface area contributed by atoms with Gasteiger partial charge in [-0.1, -0.05) is 0 Å². The molecular weight excluding hydrogens is 438 g/mol. The molecule has 176 valence electrons. The number of hydrogen-bond donors (Lipinski definition) is 3. The van der Waals surface area contributed by atoms with E-state index in [0.717, 1.165) is 0 Å². The van der Waals surface area contributed by atoms with Crippen molar-refractivity contribution in [1.82, 2.24) is 4.72 Å². The van der Waals surface area contributed by atoms with E-state index in [1.807, 2.05) is 0 Å². The summed E-state index contributed by atoms with van der Waals surface area (Å²) in [6, 6.07) is 6.38. The Labute approximate surface area is 186 Å². The van der Waals surface area contributed by atoms with E-state index < -0.39 is 29.5 Å². The van der Waals surface area contributed by atoms with Crippen molar-refractivity contribution in [2.45, 2.75) is 82.8 Å². The molecular formula is C21H35N3O5S2. The minimum atomic E-state index is -3.52. The number of carbonyl (C=O) groups is 1. The zero-order valence-corrected chi connectivity index (χ0v) is 20.8. The Morgan fingerprint density at radius 2 is 1.23 bits per heavy atom. The molecule has 0 saturated heterocycles. The van der Waals surface area contributed by atoms with Gasteiger partial charge in [-0.3, -0.25) is 9.52 Å². The first-order valence-corrected chi connectivity index (χ1v) is 13.4. The maximum absolute atomic E-state index is 12.6. The maximum Gasteiger partial charge on any atom is 0.237 e. The highest BCUT2D eigenvalue weighted by Gasteiger charge is 2.34. The number of sulfonamides is 2. The number of carbonyl (C=O) groups excluding carboxylic acids is 1. The van der Waals surface area contributed by atoms with Gasteiger partial charge in [0.1, 0.15) is 0 Å². The van der Waals surface area contributed by atoms with Gasteiger partial charge in [0.05, 0.1) is 9.49 Å². The zero-order chi connectivity index (χ0) is 23.7. The number of amides is 1. The smallest absolute Gasteiger partial charge is 0.237 e. The molecule has 1 aliphatic rings. The minimum absolute atomic E-state index is 0.111. The van der Waals surface area contributed by atoms with Crippen LogP contribution in [0.4, 0.5) is 11.4 Å². The van der Waals surface area contributed by atoms with Crippen LogP contribution < -0.4 is 14.8 Å². The van der Waals surface area contributed by atoms with E-state index in [2.05, 4.69) is 14.8 Å². The van der Waals surface area contributed by atoms with Crippen LogP contribution in [0.3, 0.4) is 0 Å². The molecule has 0 spiro atoms. The van der Waals surface area contributed by atoms with Crippen molar-refractivity contribution in [2.24, 2.45) is 5.92 Å². The second kappa shape index (κ2) is 9.07. The highest BCUT2D eigenvalue weighted by molar-refractivity contribution is 7.94. The van der Waals surface area contributed by atoms with Crippen molar-refractivity contribution < 1.29 is 21.6 Å². The summed E-state index contributed by atoms with van der Waals surface area (Å²) < 4.78 is 52.6. The predicted octanol–water partition coefficient (Wildman–Crippen LogP) is 3.44. The van der Waals surface area contributed by atoms with Crippen LogP contribution in [-0.2, 0) is 24.8 Å². The molecule has 0 aliphatic heterocycles. The Kier molecular flexibility index (Phi) is 7.49. The van der Waals surface area contributed by atoms with Gasteiger partial charge in [0.25, 0.3) is 0 Å². The topological polar surface area (TPSA) is 121 Å². The van der Waals surface area contributed by atoms with Gasteiger partial charge in [0.2, 0.25) is 26.0 Å². The molecule has 10 heteroatoms. The summed E-state index contributed by atoms with van der Waals surface area (Å²) >= 11 is 0. The summed E-state index contributed by atoms with van der Waals surface area (Å²) in [6.45, 7) is 9.83. The largest absolute Gasteiger partial charge is 0.326 e. The number of rotatable bonds is 6. The lowest BCUT2D eigenvalue weighted by Crippen LogP contribution is -2.46. The number of anilines is 2. The van der Waals surface area contributed by atoms with E-state index in [1.165, 1.54) is 0 Å². The van der Waals surface area contributed by atoms with Gasteiger partial charge >= 0.3 is 0 Å². The fourth-order valence-corrected chi connectivity index (χ4v) is 4.82. The molecule has 31 heavy (non-hydrogen) atoms. The summed E-state index contributed by atoms with van der Waals surface area (Å²) in [5, 5.41) is 2.86.